The van der Waals surface area contributed by atoms with Crippen LogP contribution in [0.2, 0.25) is 0 Å². The summed E-state index contributed by atoms with van der Waals surface area (Å²) in [6, 6.07) is 4.73. The van der Waals surface area contributed by atoms with Crippen molar-refractivity contribution < 1.29 is 9.90 Å². The van der Waals surface area contributed by atoms with Crippen LogP contribution in [0.1, 0.15) is 23.2 Å². The van der Waals surface area contributed by atoms with Gasteiger partial charge >= 0.3 is 0 Å². The van der Waals surface area contributed by atoms with E-state index in [0.29, 0.717) is 24.4 Å². The fourth-order valence-corrected chi connectivity index (χ4v) is 1.75. The van der Waals surface area contributed by atoms with Gasteiger partial charge in [-0.3, -0.25) is 4.79 Å². The number of hydrogen-bond donors (Lipinski definition) is 3. The van der Waals surface area contributed by atoms with E-state index in [2.05, 4.69) is 21.2 Å². The van der Waals surface area contributed by atoms with E-state index in [9.17, 15) is 9.90 Å². The Morgan fingerprint density at radius 2 is 2.24 bits per heavy atom. The van der Waals surface area contributed by atoms with Crippen molar-refractivity contribution in [3.8, 4) is 5.75 Å². The number of benzene rings is 1. The highest BCUT2D eigenvalue weighted by Crippen LogP contribution is 2.21. The number of halogens is 1. The summed E-state index contributed by atoms with van der Waals surface area (Å²) >= 11 is 7.93. The highest BCUT2D eigenvalue weighted by molar-refractivity contribution is 9.10. The fraction of sp³-hybridized carbons (Fsp3) is 0.273. The van der Waals surface area contributed by atoms with Crippen molar-refractivity contribution in [3.63, 3.8) is 0 Å². The van der Waals surface area contributed by atoms with Crippen LogP contribution < -0.4 is 11.1 Å². The smallest absolute Gasteiger partial charge is 0.255 e. The van der Waals surface area contributed by atoms with Crippen LogP contribution in [0.3, 0.4) is 0 Å². The molecule has 0 aliphatic heterocycles. The second-order valence-corrected chi connectivity index (χ2v) is 4.93. The lowest BCUT2D eigenvalue weighted by Gasteiger charge is -2.06. The fourth-order valence-electron chi connectivity index (χ4n) is 1.26. The summed E-state index contributed by atoms with van der Waals surface area (Å²) in [6.07, 6.45) is 1.29. The largest absolute Gasteiger partial charge is 0.507 e. The lowest BCUT2D eigenvalue weighted by Crippen LogP contribution is -2.25. The van der Waals surface area contributed by atoms with E-state index in [-0.39, 0.29) is 17.2 Å². The molecule has 4 N–H and O–H groups in total. The predicted molar refractivity (Wildman–Crippen MR) is 74.2 cm³/mol. The number of phenolic OH excluding ortho intramolecular Hbond substituents is 1. The lowest BCUT2D eigenvalue weighted by atomic mass is 10.2. The van der Waals surface area contributed by atoms with Gasteiger partial charge in [-0.25, -0.2) is 0 Å². The summed E-state index contributed by atoms with van der Waals surface area (Å²) < 4.78 is 0.722. The molecule has 0 radical (unpaired) electrons. The average molecular weight is 317 g/mol. The first-order chi connectivity index (χ1) is 8.00. The molecule has 1 rings (SSSR count). The van der Waals surface area contributed by atoms with E-state index in [4.69, 9.17) is 18.0 Å². The van der Waals surface area contributed by atoms with Crippen molar-refractivity contribution in [3.05, 3.63) is 28.2 Å². The molecule has 4 nitrogen and oxygen atoms in total. The Labute approximate surface area is 113 Å². The first kappa shape index (κ1) is 13.9. The van der Waals surface area contributed by atoms with Gasteiger partial charge in [-0.15, -0.1) is 0 Å². The molecule has 0 atom stereocenters. The van der Waals surface area contributed by atoms with Gasteiger partial charge < -0.3 is 16.2 Å². The molecule has 1 aromatic carbocycles. The number of amides is 1. The molecule has 0 aliphatic rings. The minimum atomic E-state index is -0.307. The second kappa shape index (κ2) is 6.56. The van der Waals surface area contributed by atoms with Gasteiger partial charge in [0.15, 0.2) is 0 Å². The highest BCUT2D eigenvalue weighted by Gasteiger charge is 2.10. The van der Waals surface area contributed by atoms with E-state index in [1.807, 2.05) is 0 Å². The normalized spacial score (nSPS) is 9.94. The van der Waals surface area contributed by atoms with Crippen LogP contribution in [0.15, 0.2) is 22.7 Å². The third-order valence-corrected chi connectivity index (χ3v) is 2.79. The van der Waals surface area contributed by atoms with E-state index >= 15 is 0 Å². The Morgan fingerprint density at radius 1 is 1.53 bits per heavy atom. The number of thiocarbonyl (C=S) groups is 1. The predicted octanol–water partition coefficient (Wildman–Crippen LogP) is 1.95. The van der Waals surface area contributed by atoms with Crippen LogP contribution >= 0.6 is 28.1 Å². The molecule has 1 aromatic rings. The molecule has 0 spiro atoms. The van der Waals surface area contributed by atoms with E-state index < -0.39 is 0 Å². The van der Waals surface area contributed by atoms with Crippen molar-refractivity contribution in [1.29, 1.82) is 0 Å². The summed E-state index contributed by atoms with van der Waals surface area (Å²) in [5.41, 5.74) is 5.59. The number of rotatable bonds is 5. The Balaban J connectivity index is 2.50. The van der Waals surface area contributed by atoms with Crippen molar-refractivity contribution in [2.75, 3.05) is 6.54 Å². The number of aromatic hydroxyl groups is 1. The molecule has 6 heteroatoms. The maximum Gasteiger partial charge on any atom is 0.255 e. The average Bonchev–Trinajstić information content (AvgIpc) is 2.23. The molecule has 0 bridgehead atoms. The van der Waals surface area contributed by atoms with E-state index in [0.717, 1.165) is 4.47 Å². The quantitative estimate of drug-likeness (QED) is 0.573. The SMILES string of the molecule is NC(=S)CCCNC(=O)c1ccc(Br)cc1O. The van der Waals surface area contributed by atoms with Crippen molar-refractivity contribution in [2.45, 2.75) is 12.8 Å². The van der Waals surface area contributed by atoms with Crippen LogP contribution in [0.4, 0.5) is 0 Å². The van der Waals surface area contributed by atoms with Crippen LogP contribution in [0, 0.1) is 0 Å². The number of nitrogens with one attached hydrogen (secondary N) is 1. The van der Waals surface area contributed by atoms with Crippen molar-refractivity contribution in [2.24, 2.45) is 5.73 Å². The maximum atomic E-state index is 11.7. The number of phenols is 1. The Hall–Kier alpha value is -1.14. The van der Waals surface area contributed by atoms with Crippen LogP contribution in [0.5, 0.6) is 5.75 Å². The number of carbonyl (C=O) groups excluding carboxylic acids is 1. The van der Waals surface area contributed by atoms with Gasteiger partial charge in [-0.05, 0) is 31.0 Å². The first-order valence-electron chi connectivity index (χ1n) is 5.05. The van der Waals surface area contributed by atoms with Crippen LogP contribution in [-0.4, -0.2) is 22.5 Å². The second-order valence-electron chi connectivity index (χ2n) is 3.49. The third-order valence-electron chi connectivity index (χ3n) is 2.09. The molecule has 17 heavy (non-hydrogen) atoms. The van der Waals surface area contributed by atoms with Gasteiger partial charge in [0.1, 0.15) is 5.75 Å². The summed E-state index contributed by atoms with van der Waals surface area (Å²) in [5.74, 6) is -0.357. The molecular formula is C11H13BrN2O2S. The van der Waals surface area contributed by atoms with Crippen LogP contribution in [0.25, 0.3) is 0 Å². The molecule has 0 saturated heterocycles. The van der Waals surface area contributed by atoms with Gasteiger partial charge in [0, 0.05) is 11.0 Å². The minimum absolute atomic E-state index is 0.0498. The van der Waals surface area contributed by atoms with Gasteiger partial charge in [0.2, 0.25) is 0 Å². The summed E-state index contributed by atoms with van der Waals surface area (Å²) in [4.78, 5) is 12.1. The molecule has 0 fully saturated rings. The van der Waals surface area contributed by atoms with Gasteiger partial charge in [0.05, 0.1) is 10.6 Å². The summed E-state index contributed by atoms with van der Waals surface area (Å²) in [5, 5.41) is 12.3. The summed E-state index contributed by atoms with van der Waals surface area (Å²) in [7, 11) is 0. The zero-order valence-corrected chi connectivity index (χ0v) is 11.5. The minimum Gasteiger partial charge on any atom is -0.507 e. The molecular weight excluding hydrogens is 304 g/mol. The molecule has 0 aromatic heterocycles. The molecule has 0 heterocycles. The number of carbonyl (C=O) groups is 1. The molecule has 0 unspecified atom stereocenters. The zero-order chi connectivity index (χ0) is 12.8. The topological polar surface area (TPSA) is 75.3 Å². The highest BCUT2D eigenvalue weighted by atomic mass is 79.9. The monoisotopic (exact) mass is 316 g/mol. The van der Waals surface area contributed by atoms with Gasteiger partial charge in [-0.2, -0.15) is 0 Å². The van der Waals surface area contributed by atoms with Crippen molar-refractivity contribution in [1.82, 2.24) is 5.32 Å². The third kappa shape index (κ3) is 4.70. The van der Waals surface area contributed by atoms with Gasteiger partial charge in [-0.1, -0.05) is 28.1 Å². The van der Waals surface area contributed by atoms with Crippen LogP contribution in [-0.2, 0) is 0 Å². The molecule has 1 amide bonds. The maximum absolute atomic E-state index is 11.7. The zero-order valence-electron chi connectivity index (χ0n) is 9.07. The first-order valence-corrected chi connectivity index (χ1v) is 6.26. The summed E-state index contributed by atoms with van der Waals surface area (Å²) in [6.45, 7) is 0.478. The lowest BCUT2D eigenvalue weighted by molar-refractivity contribution is 0.0950. The Kier molecular flexibility index (Phi) is 5.37. The standard InChI is InChI=1S/C11H13BrN2O2S/c12-7-3-4-8(9(15)6-7)11(16)14-5-1-2-10(13)17/h3-4,6,15H,1-2,5H2,(H2,13,17)(H,14,16). The number of hydrogen-bond acceptors (Lipinski definition) is 3. The number of nitrogens with two attached hydrogens (primary N) is 1. The van der Waals surface area contributed by atoms with Crippen molar-refractivity contribution >= 4 is 39.0 Å². The Morgan fingerprint density at radius 3 is 2.82 bits per heavy atom. The Bertz CT molecular complexity index is 437. The molecule has 92 valence electrons. The van der Waals surface area contributed by atoms with E-state index in [1.165, 1.54) is 6.07 Å². The van der Waals surface area contributed by atoms with E-state index in [1.54, 1.807) is 12.1 Å². The molecule has 0 saturated carbocycles. The molecule has 0 aliphatic carbocycles. The van der Waals surface area contributed by atoms with Gasteiger partial charge in [0.25, 0.3) is 5.91 Å².